The fraction of sp³-hybridized carbons (Fsp3) is 0.200. The van der Waals surface area contributed by atoms with Crippen molar-refractivity contribution < 1.29 is 13.2 Å². The monoisotopic (exact) mass is 369 g/mol. The quantitative estimate of drug-likeness (QED) is 0.846. The highest BCUT2D eigenvalue weighted by molar-refractivity contribution is 9.10. The standard InChI is InChI=1S/C15H16BrNO3S/c1-20-10-13-3-2-4-15(9-13)17-21(18,19)11-12-5-7-14(16)8-6-12/h2-9,17H,10-11H2,1H3. The highest BCUT2D eigenvalue weighted by Gasteiger charge is 2.12. The van der Waals surface area contributed by atoms with Gasteiger partial charge in [-0.25, -0.2) is 8.42 Å². The van der Waals surface area contributed by atoms with Crippen molar-refractivity contribution in [1.82, 2.24) is 0 Å². The first-order chi connectivity index (χ1) is 9.98. The number of rotatable bonds is 6. The Balaban J connectivity index is 2.10. The second kappa shape index (κ2) is 7.06. The molecule has 0 aliphatic heterocycles. The average Bonchev–Trinajstić information content (AvgIpc) is 2.41. The number of hydrogen-bond acceptors (Lipinski definition) is 3. The Kier molecular flexibility index (Phi) is 5.39. The summed E-state index contributed by atoms with van der Waals surface area (Å²) in [6, 6.07) is 14.4. The Morgan fingerprint density at radius 3 is 2.48 bits per heavy atom. The molecule has 2 aromatic rings. The maximum absolute atomic E-state index is 12.2. The summed E-state index contributed by atoms with van der Waals surface area (Å²) in [6.07, 6.45) is 0. The van der Waals surface area contributed by atoms with Crippen LogP contribution in [0.25, 0.3) is 0 Å². The molecule has 0 saturated heterocycles. The molecule has 0 radical (unpaired) electrons. The Bertz CT molecular complexity index is 699. The van der Waals surface area contributed by atoms with Gasteiger partial charge >= 0.3 is 0 Å². The van der Waals surface area contributed by atoms with E-state index in [0.717, 1.165) is 15.6 Å². The van der Waals surface area contributed by atoms with Crippen molar-refractivity contribution in [1.29, 1.82) is 0 Å². The molecular formula is C15H16BrNO3S. The minimum atomic E-state index is -3.44. The number of benzene rings is 2. The summed E-state index contributed by atoms with van der Waals surface area (Å²) >= 11 is 3.32. The van der Waals surface area contributed by atoms with Crippen LogP contribution in [-0.2, 0) is 27.1 Å². The van der Waals surface area contributed by atoms with Gasteiger partial charge in [-0.1, -0.05) is 40.2 Å². The third-order valence-electron chi connectivity index (χ3n) is 2.78. The molecule has 0 aliphatic rings. The molecule has 21 heavy (non-hydrogen) atoms. The van der Waals surface area contributed by atoms with Crippen molar-refractivity contribution in [2.24, 2.45) is 0 Å². The van der Waals surface area contributed by atoms with E-state index >= 15 is 0 Å². The zero-order valence-electron chi connectivity index (χ0n) is 11.5. The highest BCUT2D eigenvalue weighted by Crippen LogP contribution is 2.17. The van der Waals surface area contributed by atoms with E-state index in [0.29, 0.717) is 12.3 Å². The third kappa shape index (κ3) is 5.15. The maximum atomic E-state index is 12.2. The predicted molar refractivity (Wildman–Crippen MR) is 87.5 cm³/mol. The molecule has 0 amide bonds. The topological polar surface area (TPSA) is 55.4 Å². The number of halogens is 1. The normalized spacial score (nSPS) is 11.3. The lowest BCUT2D eigenvalue weighted by Gasteiger charge is -2.09. The Morgan fingerprint density at radius 1 is 1.10 bits per heavy atom. The van der Waals surface area contributed by atoms with Crippen LogP contribution in [0.1, 0.15) is 11.1 Å². The molecule has 112 valence electrons. The van der Waals surface area contributed by atoms with Gasteiger partial charge in [-0.15, -0.1) is 0 Å². The zero-order chi connectivity index (χ0) is 15.3. The van der Waals surface area contributed by atoms with Crippen molar-refractivity contribution in [3.8, 4) is 0 Å². The van der Waals surface area contributed by atoms with Crippen LogP contribution in [0.3, 0.4) is 0 Å². The second-order valence-electron chi connectivity index (χ2n) is 4.62. The van der Waals surface area contributed by atoms with E-state index in [-0.39, 0.29) is 5.75 Å². The summed E-state index contributed by atoms with van der Waals surface area (Å²) in [4.78, 5) is 0. The van der Waals surface area contributed by atoms with Crippen LogP contribution in [0.5, 0.6) is 0 Å². The fourth-order valence-electron chi connectivity index (χ4n) is 1.91. The summed E-state index contributed by atoms with van der Waals surface area (Å²) in [5, 5.41) is 0. The number of sulfonamides is 1. The lowest BCUT2D eigenvalue weighted by Crippen LogP contribution is -2.15. The Morgan fingerprint density at radius 2 is 1.81 bits per heavy atom. The van der Waals surface area contributed by atoms with E-state index in [9.17, 15) is 8.42 Å². The van der Waals surface area contributed by atoms with Crippen LogP contribution in [0.2, 0.25) is 0 Å². The van der Waals surface area contributed by atoms with Crippen molar-refractivity contribution >= 4 is 31.6 Å². The van der Waals surface area contributed by atoms with E-state index in [1.54, 1.807) is 37.4 Å². The highest BCUT2D eigenvalue weighted by atomic mass is 79.9. The smallest absolute Gasteiger partial charge is 0.236 e. The van der Waals surface area contributed by atoms with Crippen LogP contribution < -0.4 is 4.72 Å². The number of hydrogen-bond donors (Lipinski definition) is 1. The molecule has 0 spiro atoms. The molecule has 4 nitrogen and oxygen atoms in total. The van der Waals surface area contributed by atoms with Crippen molar-refractivity contribution in [3.05, 3.63) is 64.1 Å². The predicted octanol–water partition coefficient (Wildman–Crippen LogP) is 3.54. The minimum absolute atomic E-state index is 0.0607. The molecule has 1 N–H and O–H groups in total. The van der Waals surface area contributed by atoms with Gasteiger partial charge < -0.3 is 4.74 Å². The molecule has 0 unspecified atom stereocenters. The molecule has 0 aromatic heterocycles. The van der Waals surface area contributed by atoms with Crippen molar-refractivity contribution in [2.45, 2.75) is 12.4 Å². The van der Waals surface area contributed by atoms with E-state index in [1.165, 1.54) is 0 Å². The van der Waals surface area contributed by atoms with Gasteiger partial charge in [-0.2, -0.15) is 0 Å². The number of methoxy groups -OCH3 is 1. The summed E-state index contributed by atoms with van der Waals surface area (Å²) in [5.74, 6) is -0.0607. The molecule has 0 atom stereocenters. The van der Waals surface area contributed by atoms with Crippen LogP contribution >= 0.6 is 15.9 Å². The van der Waals surface area contributed by atoms with Gasteiger partial charge in [0.1, 0.15) is 0 Å². The van der Waals surface area contributed by atoms with E-state index in [4.69, 9.17) is 4.74 Å². The summed E-state index contributed by atoms with van der Waals surface area (Å²) in [6.45, 7) is 0.447. The Labute approximate surface area is 133 Å². The lowest BCUT2D eigenvalue weighted by atomic mass is 10.2. The minimum Gasteiger partial charge on any atom is -0.380 e. The van der Waals surface area contributed by atoms with Crippen LogP contribution in [0.4, 0.5) is 5.69 Å². The Hall–Kier alpha value is -1.37. The summed E-state index contributed by atoms with van der Waals surface area (Å²) in [7, 11) is -1.84. The summed E-state index contributed by atoms with van der Waals surface area (Å²) < 4.78 is 32.9. The van der Waals surface area contributed by atoms with Gasteiger partial charge in [0.05, 0.1) is 12.4 Å². The van der Waals surface area contributed by atoms with Crippen LogP contribution in [0, 0.1) is 0 Å². The van der Waals surface area contributed by atoms with Crippen molar-refractivity contribution in [2.75, 3.05) is 11.8 Å². The van der Waals surface area contributed by atoms with Crippen molar-refractivity contribution in [3.63, 3.8) is 0 Å². The molecule has 2 aromatic carbocycles. The average molecular weight is 370 g/mol. The zero-order valence-corrected chi connectivity index (χ0v) is 13.9. The van der Waals surface area contributed by atoms with Gasteiger partial charge in [0, 0.05) is 17.3 Å². The largest absolute Gasteiger partial charge is 0.380 e. The number of anilines is 1. The van der Waals surface area contributed by atoms with Gasteiger partial charge in [-0.05, 0) is 35.4 Å². The number of nitrogens with one attached hydrogen (secondary N) is 1. The lowest BCUT2D eigenvalue weighted by molar-refractivity contribution is 0.185. The van der Waals surface area contributed by atoms with E-state index < -0.39 is 10.0 Å². The molecule has 0 fully saturated rings. The first-order valence-electron chi connectivity index (χ1n) is 6.31. The molecule has 0 heterocycles. The number of ether oxygens (including phenoxy) is 1. The molecule has 0 saturated carbocycles. The summed E-state index contributed by atoms with van der Waals surface area (Å²) in [5.41, 5.74) is 2.20. The van der Waals surface area contributed by atoms with E-state index in [1.807, 2.05) is 18.2 Å². The molecule has 6 heteroatoms. The first kappa shape index (κ1) is 16.0. The maximum Gasteiger partial charge on any atom is 0.236 e. The van der Waals surface area contributed by atoms with Crippen LogP contribution in [0.15, 0.2) is 53.0 Å². The molecule has 2 rings (SSSR count). The van der Waals surface area contributed by atoms with Gasteiger partial charge in [-0.3, -0.25) is 4.72 Å². The second-order valence-corrected chi connectivity index (χ2v) is 7.26. The molecular weight excluding hydrogens is 354 g/mol. The first-order valence-corrected chi connectivity index (χ1v) is 8.76. The molecule has 0 bridgehead atoms. The van der Waals surface area contributed by atoms with Gasteiger partial charge in [0.15, 0.2) is 0 Å². The fourth-order valence-corrected chi connectivity index (χ4v) is 3.36. The van der Waals surface area contributed by atoms with E-state index in [2.05, 4.69) is 20.7 Å². The molecule has 0 aliphatic carbocycles. The van der Waals surface area contributed by atoms with Gasteiger partial charge in [0.2, 0.25) is 10.0 Å². The third-order valence-corrected chi connectivity index (χ3v) is 4.57. The van der Waals surface area contributed by atoms with Crippen LogP contribution in [-0.4, -0.2) is 15.5 Å². The van der Waals surface area contributed by atoms with Gasteiger partial charge in [0.25, 0.3) is 0 Å². The SMILES string of the molecule is COCc1cccc(NS(=O)(=O)Cc2ccc(Br)cc2)c1.